The third-order valence-corrected chi connectivity index (χ3v) is 2.58. The molecule has 0 radical (unpaired) electrons. The first-order valence-corrected chi connectivity index (χ1v) is 6.12. The van der Waals surface area contributed by atoms with Gasteiger partial charge in [0.05, 0.1) is 24.3 Å². The topological polar surface area (TPSA) is 95.7 Å². The summed E-state index contributed by atoms with van der Waals surface area (Å²) in [5, 5.41) is 11.4. The number of carbonyl (C=O) groups is 2. The first-order valence-electron chi connectivity index (χ1n) is 6.12. The van der Waals surface area contributed by atoms with Gasteiger partial charge in [0.2, 0.25) is 5.91 Å². The van der Waals surface area contributed by atoms with Crippen LogP contribution in [0.25, 0.3) is 0 Å². The van der Waals surface area contributed by atoms with Gasteiger partial charge < -0.3 is 21.1 Å². The monoisotopic (exact) mass is 265 g/mol. The number of nitrogens with zero attached hydrogens (tertiary/aromatic N) is 1. The molecule has 104 valence electrons. The number of carboxylic acid groups (broad SMARTS) is 1. The molecule has 1 amide bonds. The molecule has 19 heavy (non-hydrogen) atoms. The second-order valence-electron chi connectivity index (χ2n) is 4.08. The number of aliphatic carboxylic acids is 1. The zero-order chi connectivity index (χ0) is 14.3. The second kappa shape index (κ2) is 7.25. The van der Waals surface area contributed by atoms with Gasteiger partial charge in [-0.3, -0.25) is 9.59 Å². The summed E-state index contributed by atoms with van der Waals surface area (Å²) in [4.78, 5) is 24.0. The smallest absolute Gasteiger partial charge is 0.305 e. The molecule has 0 heterocycles. The molecule has 0 fully saturated rings. The van der Waals surface area contributed by atoms with Crippen LogP contribution in [0.15, 0.2) is 24.3 Å². The van der Waals surface area contributed by atoms with Crippen LogP contribution in [0.5, 0.6) is 0 Å². The summed E-state index contributed by atoms with van der Waals surface area (Å²) in [6.45, 7) is 2.70. The highest BCUT2D eigenvalue weighted by Gasteiger charge is 2.14. The van der Waals surface area contributed by atoms with Crippen molar-refractivity contribution in [1.82, 2.24) is 5.32 Å². The molecule has 6 nitrogen and oxygen atoms in total. The average Bonchev–Trinajstić information content (AvgIpc) is 2.35. The van der Waals surface area contributed by atoms with Crippen molar-refractivity contribution >= 4 is 23.3 Å². The predicted octanol–water partition coefficient (Wildman–Crippen LogP) is 0.686. The first kappa shape index (κ1) is 14.8. The quantitative estimate of drug-likeness (QED) is 0.630. The van der Waals surface area contributed by atoms with Crippen LogP contribution < -0.4 is 16.0 Å². The van der Waals surface area contributed by atoms with Gasteiger partial charge in [-0.1, -0.05) is 12.1 Å². The summed E-state index contributed by atoms with van der Waals surface area (Å²) in [7, 11) is 0. The van der Waals surface area contributed by atoms with E-state index in [0.717, 1.165) is 0 Å². The summed E-state index contributed by atoms with van der Waals surface area (Å²) in [6.07, 6.45) is -0.0479. The van der Waals surface area contributed by atoms with Crippen molar-refractivity contribution in [3.05, 3.63) is 24.3 Å². The van der Waals surface area contributed by atoms with Gasteiger partial charge in [0.25, 0.3) is 0 Å². The molecule has 0 saturated carbocycles. The highest BCUT2D eigenvalue weighted by molar-refractivity contribution is 5.83. The third-order valence-electron chi connectivity index (χ3n) is 2.58. The van der Waals surface area contributed by atoms with E-state index < -0.39 is 5.97 Å². The molecule has 0 saturated heterocycles. The average molecular weight is 265 g/mol. The number of nitrogens with one attached hydrogen (secondary N) is 1. The summed E-state index contributed by atoms with van der Waals surface area (Å²) >= 11 is 0. The minimum Gasteiger partial charge on any atom is -0.481 e. The Balaban J connectivity index is 2.82. The van der Waals surface area contributed by atoms with Crippen LogP contribution in [0, 0.1) is 0 Å². The van der Waals surface area contributed by atoms with Crippen LogP contribution in [0.4, 0.5) is 11.4 Å². The maximum absolute atomic E-state index is 11.6. The Hall–Kier alpha value is -2.24. The summed E-state index contributed by atoms with van der Waals surface area (Å²) in [6, 6.07) is 7.09. The largest absolute Gasteiger partial charge is 0.481 e. The Morgan fingerprint density at radius 3 is 2.63 bits per heavy atom. The highest BCUT2D eigenvalue weighted by Crippen LogP contribution is 2.22. The van der Waals surface area contributed by atoms with E-state index in [2.05, 4.69) is 5.32 Å². The Morgan fingerprint density at radius 2 is 2.05 bits per heavy atom. The standard InChI is InChI=1S/C13H19N3O3/c1-2-15-12(17)9-16(8-7-13(18)19)11-6-4-3-5-10(11)14/h3-6H,2,7-9,14H2,1H3,(H,15,17)(H,18,19). The number of nitrogens with two attached hydrogens (primary N) is 1. The van der Waals surface area contributed by atoms with Crippen molar-refractivity contribution in [3.8, 4) is 0 Å². The Kier molecular flexibility index (Phi) is 5.66. The van der Waals surface area contributed by atoms with E-state index in [0.29, 0.717) is 17.9 Å². The van der Waals surface area contributed by atoms with Gasteiger partial charge in [0, 0.05) is 13.1 Å². The van der Waals surface area contributed by atoms with E-state index in [-0.39, 0.29) is 25.4 Å². The predicted molar refractivity (Wildman–Crippen MR) is 74.0 cm³/mol. The molecule has 1 aromatic carbocycles. The number of nitrogen functional groups attached to an aromatic ring is 1. The SMILES string of the molecule is CCNC(=O)CN(CCC(=O)O)c1ccccc1N. The van der Waals surface area contributed by atoms with Gasteiger partial charge in [-0.05, 0) is 19.1 Å². The number of benzene rings is 1. The zero-order valence-corrected chi connectivity index (χ0v) is 10.9. The number of carbonyl (C=O) groups excluding carboxylic acids is 1. The zero-order valence-electron chi connectivity index (χ0n) is 10.9. The van der Waals surface area contributed by atoms with Crippen LogP contribution in [-0.4, -0.2) is 36.6 Å². The van der Waals surface area contributed by atoms with E-state index in [1.54, 1.807) is 29.2 Å². The fourth-order valence-electron chi connectivity index (χ4n) is 1.72. The Morgan fingerprint density at radius 1 is 1.37 bits per heavy atom. The lowest BCUT2D eigenvalue weighted by molar-refractivity contribution is -0.136. The number of anilines is 2. The van der Waals surface area contributed by atoms with E-state index in [9.17, 15) is 9.59 Å². The number of para-hydroxylation sites is 2. The number of likely N-dealkylation sites (N-methyl/N-ethyl adjacent to an activating group) is 1. The number of hydrogen-bond donors (Lipinski definition) is 3. The maximum Gasteiger partial charge on any atom is 0.305 e. The molecule has 0 aliphatic carbocycles. The molecule has 0 unspecified atom stereocenters. The fourth-order valence-corrected chi connectivity index (χ4v) is 1.72. The summed E-state index contributed by atoms with van der Waals surface area (Å²) in [5.41, 5.74) is 7.06. The van der Waals surface area contributed by atoms with E-state index in [4.69, 9.17) is 10.8 Å². The molecule has 6 heteroatoms. The molecule has 0 aromatic heterocycles. The van der Waals surface area contributed by atoms with Gasteiger partial charge >= 0.3 is 5.97 Å². The number of amides is 1. The Bertz CT molecular complexity index is 449. The van der Waals surface area contributed by atoms with Crippen molar-refractivity contribution in [2.45, 2.75) is 13.3 Å². The minimum atomic E-state index is -0.907. The van der Waals surface area contributed by atoms with Crippen LogP contribution >= 0.6 is 0 Å². The second-order valence-corrected chi connectivity index (χ2v) is 4.08. The summed E-state index contributed by atoms with van der Waals surface area (Å²) < 4.78 is 0. The molecule has 4 N–H and O–H groups in total. The third kappa shape index (κ3) is 4.87. The van der Waals surface area contributed by atoms with Gasteiger partial charge in [0.15, 0.2) is 0 Å². The molecular formula is C13H19N3O3. The van der Waals surface area contributed by atoms with Crippen molar-refractivity contribution < 1.29 is 14.7 Å². The van der Waals surface area contributed by atoms with Gasteiger partial charge in [-0.15, -0.1) is 0 Å². The van der Waals surface area contributed by atoms with Crippen LogP contribution in [0.2, 0.25) is 0 Å². The lowest BCUT2D eigenvalue weighted by Gasteiger charge is -2.24. The summed E-state index contributed by atoms with van der Waals surface area (Å²) in [5.74, 6) is -1.06. The minimum absolute atomic E-state index is 0.0479. The molecule has 1 rings (SSSR count). The molecule has 0 aliphatic heterocycles. The van der Waals surface area contributed by atoms with Crippen LogP contribution in [-0.2, 0) is 9.59 Å². The molecule has 0 bridgehead atoms. The molecule has 0 spiro atoms. The van der Waals surface area contributed by atoms with E-state index >= 15 is 0 Å². The normalized spacial score (nSPS) is 9.95. The van der Waals surface area contributed by atoms with Gasteiger partial charge in [-0.25, -0.2) is 0 Å². The van der Waals surface area contributed by atoms with Crippen LogP contribution in [0.1, 0.15) is 13.3 Å². The van der Waals surface area contributed by atoms with Gasteiger partial charge in [0.1, 0.15) is 0 Å². The van der Waals surface area contributed by atoms with Crippen molar-refractivity contribution in [2.24, 2.45) is 0 Å². The lowest BCUT2D eigenvalue weighted by Crippen LogP contribution is -2.38. The number of hydrogen-bond acceptors (Lipinski definition) is 4. The van der Waals surface area contributed by atoms with Crippen molar-refractivity contribution in [2.75, 3.05) is 30.3 Å². The Labute approximate surface area is 112 Å². The van der Waals surface area contributed by atoms with E-state index in [1.165, 1.54) is 0 Å². The number of carboxylic acids is 1. The van der Waals surface area contributed by atoms with Crippen LogP contribution in [0.3, 0.4) is 0 Å². The molecule has 0 aliphatic rings. The van der Waals surface area contributed by atoms with E-state index in [1.807, 2.05) is 6.92 Å². The lowest BCUT2D eigenvalue weighted by atomic mass is 10.2. The molecule has 1 aromatic rings. The first-order chi connectivity index (χ1) is 9.04. The molecular weight excluding hydrogens is 246 g/mol. The number of rotatable bonds is 7. The fraction of sp³-hybridized carbons (Fsp3) is 0.385. The maximum atomic E-state index is 11.6. The van der Waals surface area contributed by atoms with Crippen molar-refractivity contribution in [3.63, 3.8) is 0 Å². The van der Waals surface area contributed by atoms with Gasteiger partial charge in [-0.2, -0.15) is 0 Å². The highest BCUT2D eigenvalue weighted by atomic mass is 16.4. The molecule has 0 atom stereocenters. The van der Waals surface area contributed by atoms with Crippen molar-refractivity contribution in [1.29, 1.82) is 0 Å².